The second kappa shape index (κ2) is 15.4. The number of hydrogen-bond donors (Lipinski definition) is 3. The predicted octanol–water partition coefficient (Wildman–Crippen LogP) is 6.02. The second-order valence-corrected chi connectivity index (χ2v) is 11.7. The van der Waals surface area contributed by atoms with Crippen molar-refractivity contribution < 1.29 is 19.1 Å². The first-order chi connectivity index (χ1) is 17.9. The highest BCUT2D eigenvalue weighted by atomic mass is 16.6. The van der Waals surface area contributed by atoms with Crippen molar-refractivity contribution >= 4 is 12.2 Å². The van der Waals surface area contributed by atoms with E-state index in [-0.39, 0.29) is 12.1 Å². The van der Waals surface area contributed by atoms with E-state index in [1.165, 1.54) is 11.1 Å². The number of rotatable bonds is 13. The highest BCUT2D eigenvalue weighted by Crippen LogP contribution is 2.12. The minimum Gasteiger partial charge on any atom is -0.444 e. The molecule has 0 spiro atoms. The first kappa shape index (κ1) is 31.2. The molecule has 0 aliphatic heterocycles. The van der Waals surface area contributed by atoms with E-state index in [9.17, 15) is 9.59 Å². The standard InChI is InChI=1S/C31H47N3O4/c1-30(2,3)37-28(35)32-22-21-27(34-29(36)38-31(4,5)6)23-33-26(19-17-24-13-9-7-10-14-24)20-18-25-15-11-8-12-16-25/h7-16,26-27,33H,17-23H2,1-6H3,(H,32,35)(H,34,36)/t27-/m0/s1. The maximum absolute atomic E-state index is 12.5. The molecule has 2 rings (SSSR count). The van der Waals surface area contributed by atoms with Crippen LogP contribution < -0.4 is 16.0 Å². The summed E-state index contributed by atoms with van der Waals surface area (Å²) in [4.78, 5) is 24.6. The Labute approximate surface area is 229 Å². The Balaban J connectivity index is 2.00. The summed E-state index contributed by atoms with van der Waals surface area (Å²) in [5.74, 6) is 0. The van der Waals surface area contributed by atoms with Gasteiger partial charge in [-0.2, -0.15) is 0 Å². The summed E-state index contributed by atoms with van der Waals surface area (Å²) < 4.78 is 10.8. The van der Waals surface area contributed by atoms with Crippen LogP contribution in [0.25, 0.3) is 0 Å². The lowest BCUT2D eigenvalue weighted by Gasteiger charge is -2.26. The summed E-state index contributed by atoms with van der Waals surface area (Å²) in [6.07, 6.45) is 3.50. The molecule has 7 nitrogen and oxygen atoms in total. The molecule has 0 fully saturated rings. The van der Waals surface area contributed by atoms with Crippen molar-refractivity contribution in [2.24, 2.45) is 0 Å². The fraction of sp³-hybridized carbons (Fsp3) is 0.548. The van der Waals surface area contributed by atoms with E-state index in [4.69, 9.17) is 9.47 Å². The van der Waals surface area contributed by atoms with Crippen LogP contribution in [0, 0.1) is 0 Å². The lowest BCUT2D eigenvalue weighted by Crippen LogP contribution is -2.48. The summed E-state index contributed by atoms with van der Waals surface area (Å²) in [5.41, 5.74) is 1.46. The van der Waals surface area contributed by atoms with Gasteiger partial charge in [-0.1, -0.05) is 60.7 Å². The quantitative estimate of drug-likeness (QED) is 0.298. The number of alkyl carbamates (subject to hydrolysis) is 2. The highest BCUT2D eigenvalue weighted by Gasteiger charge is 2.21. The Bertz CT molecular complexity index is 909. The van der Waals surface area contributed by atoms with Gasteiger partial charge in [0.05, 0.1) is 0 Å². The van der Waals surface area contributed by atoms with Crippen LogP contribution in [-0.2, 0) is 22.3 Å². The first-order valence-corrected chi connectivity index (χ1v) is 13.7. The SMILES string of the molecule is CC(C)(C)OC(=O)NCC[C@@H](CNC(CCc1ccccc1)CCc1ccccc1)NC(=O)OC(C)(C)C. The molecule has 7 heteroatoms. The third-order valence-electron chi connectivity index (χ3n) is 5.78. The minimum absolute atomic E-state index is 0.226. The molecular formula is C31H47N3O4. The number of amides is 2. The number of carbonyl (C=O) groups excluding carboxylic acids is 2. The van der Waals surface area contributed by atoms with Crippen molar-refractivity contribution in [2.75, 3.05) is 13.1 Å². The zero-order valence-electron chi connectivity index (χ0n) is 24.0. The number of carbonyl (C=O) groups is 2. The molecule has 0 bridgehead atoms. The van der Waals surface area contributed by atoms with Gasteiger partial charge in [0.15, 0.2) is 0 Å². The van der Waals surface area contributed by atoms with Crippen LogP contribution in [0.3, 0.4) is 0 Å². The highest BCUT2D eigenvalue weighted by molar-refractivity contribution is 5.68. The summed E-state index contributed by atoms with van der Waals surface area (Å²) in [5, 5.41) is 9.46. The lowest BCUT2D eigenvalue weighted by atomic mass is 9.98. The van der Waals surface area contributed by atoms with Crippen molar-refractivity contribution in [3.63, 3.8) is 0 Å². The molecule has 0 aliphatic rings. The topological polar surface area (TPSA) is 88.7 Å². The van der Waals surface area contributed by atoms with Crippen LogP contribution in [0.1, 0.15) is 71.9 Å². The number of benzene rings is 2. The van der Waals surface area contributed by atoms with Gasteiger partial charge in [0.25, 0.3) is 0 Å². The van der Waals surface area contributed by atoms with Crippen molar-refractivity contribution in [3.05, 3.63) is 71.8 Å². The largest absolute Gasteiger partial charge is 0.444 e. The summed E-state index contributed by atoms with van der Waals surface area (Å²) in [6, 6.07) is 21.0. The van der Waals surface area contributed by atoms with Crippen molar-refractivity contribution in [1.29, 1.82) is 0 Å². The Morgan fingerprint density at radius 3 is 1.63 bits per heavy atom. The van der Waals surface area contributed by atoms with Gasteiger partial charge in [0.1, 0.15) is 11.2 Å². The van der Waals surface area contributed by atoms with Gasteiger partial charge < -0.3 is 25.4 Å². The average Bonchev–Trinajstić information content (AvgIpc) is 2.82. The number of nitrogens with one attached hydrogen (secondary N) is 3. The van der Waals surface area contributed by atoms with Gasteiger partial charge >= 0.3 is 12.2 Å². The predicted molar refractivity (Wildman–Crippen MR) is 153 cm³/mol. The van der Waals surface area contributed by atoms with Gasteiger partial charge in [-0.3, -0.25) is 0 Å². The van der Waals surface area contributed by atoms with Crippen molar-refractivity contribution in [2.45, 2.75) is 96.9 Å². The van der Waals surface area contributed by atoms with E-state index in [0.29, 0.717) is 19.5 Å². The normalized spacial score (nSPS) is 12.6. The van der Waals surface area contributed by atoms with Gasteiger partial charge in [-0.05, 0) is 84.8 Å². The average molecular weight is 526 g/mol. The molecule has 38 heavy (non-hydrogen) atoms. The van der Waals surface area contributed by atoms with E-state index < -0.39 is 23.4 Å². The molecule has 0 radical (unpaired) electrons. The smallest absolute Gasteiger partial charge is 0.407 e. The summed E-state index contributed by atoms with van der Waals surface area (Å²) in [7, 11) is 0. The number of hydrogen-bond acceptors (Lipinski definition) is 5. The van der Waals surface area contributed by atoms with Crippen LogP contribution >= 0.6 is 0 Å². The molecule has 0 unspecified atom stereocenters. The number of ether oxygens (including phenoxy) is 2. The van der Waals surface area contributed by atoms with Crippen LogP contribution in [0.5, 0.6) is 0 Å². The van der Waals surface area contributed by atoms with E-state index in [1.54, 1.807) is 0 Å². The zero-order valence-corrected chi connectivity index (χ0v) is 24.0. The molecule has 2 aromatic rings. The maximum atomic E-state index is 12.5. The molecule has 1 atom stereocenters. The molecule has 3 N–H and O–H groups in total. The molecular weight excluding hydrogens is 478 g/mol. The lowest BCUT2D eigenvalue weighted by molar-refractivity contribution is 0.0498. The first-order valence-electron chi connectivity index (χ1n) is 13.7. The Morgan fingerprint density at radius 2 is 1.16 bits per heavy atom. The number of aryl methyl sites for hydroxylation is 2. The Hall–Kier alpha value is -3.06. The molecule has 0 heterocycles. The summed E-state index contributed by atoms with van der Waals surface area (Å²) >= 11 is 0. The molecule has 0 aliphatic carbocycles. The molecule has 2 amide bonds. The third-order valence-corrected chi connectivity index (χ3v) is 5.78. The second-order valence-electron chi connectivity index (χ2n) is 11.7. The molecule has 0 saturated carbocycles. The molecule has 2 aromatic carbocycles. The van der Waals surface area contributed by atoms with E-state index in [2.05, 4.69) is 64.5 Å². The van der Waals surface area contributed by atoms with Gasteiger partial charge in [-0.25, -0.2) is 9.59 Å². The van der Waals surface area contributed by atoms with E-state index in [1.807, 2.05) is 53.7 Å². The van der Waals surface area contributed by atoms with E-state index >= 15 is 0 Å². The summed E-state index contributed by atoms with van der Waals surface area (Å²) in [6.45, 7) is 11.9. The van der Waals surface area contributed by atoms with Crippen LogP contribution in [0.4, 0.5) is 9.59 Å². The zero-order chi connectivity index (χ0) is 28.0. The Morgan fingerprint density at radius 1 is 0.684 bits per heavy atom. The van der Waals surface area contributed by atoms with Crippen LogP contribution in [0.2, 0.25) is 0 Å². The molecule has 0 aromatic heterocycles. The van der Waals surface area contributed by atoms with Gasteiger partial charge in [0.2, 0.25) is 0 Å². The van der Waals surface area contributed by atoms with Gasteiger partial charge in [-0.15, -0.1) is 0 Å². The molecule has 0 saturated heterocycles. The van der Waals surface area contributed by atoms with Crippen molar-refractivity contribution in [3.8, 4) is 0 Å². The Kier molecular flexibility index (Phi) is 12.6. The maximum Gasteiger partial charge on any atom is 0.407 e. The minimum atomic E-state index is -0.593. The van der Waals surface area contributed by atoms with Crippen LogP contribution in [0.15, 0.2) is 60.7 Å². The van der Waals surface area contributed by atoms with E-state index in [0.717, 1.165) is 25.7 Å². The monoisotopic (exact) mass is 525 g/mol. The fourth-order valence-corrected chi connectivity index (χ4v) is 3.99. The van der Waals surface area contributed by atoms with Crippen LogP contribution in [-0.4, -0.2) is 48.6 Å². The third kappa shape index (κ3) is 14.6. The van der Waals surface area contributed by atoms with Gasteiger partial charge in [0, 0.05) is 25.2 Å². The van der Waals surface area contributed by atoms with Crippen molar-refractivity contribution in [1.82, 2.24) is 16.0 Å². The fourth-order valence-electron chi connectivity index (χ4n) is 3.99. The molecule has 210 valence electrons.